The highest BCUT2D eigenvalue weighted by Crippen LogP contribution is 2.39. The van der Waals surface area contributed by atoms with Gasteiger partial charge in [-0.25, -0.2) is 4.98 Å². The van der Waals surface area contributed by atoms with Crippen molar-refractivity contribution in [2.24, 2.45) is 5.92 Å². The fourth-order valence-corrected chi connectivity index (χ4v) is 7.91. The molecule has 0 radical (unpaired) electrons. The van der Waals surface area contributed by atoms with Gasteiger partial charge in [0.05, 0.1) is 30.4 Å². The molecule has 2 aromatic heterocycles. The van der Waals surface area contributed by atoms with Crippen molar-refractivity contribution in [3.8, 4) is 45.2 Å². The van der Waals surface area contributed by atoms with Crippen LogP contribution in [0.4, 0.5) is 0 Å². The first-order valence-electron chi connectivity index (χ1n) is 16.3. The summed E-state index contributed by atoms with van der Waals surface area (Å²) >= 11 is 0. The molecule has 6 aromatic rings. The van der Waals surface area contributed by atoms with Gasteiger partial charge < -0.3 is 5.11 Å². The molecule has 4 aromatic carbocycles. The van der Waals surface area contributed by atoms with Gasteiger partial charge in [0, 0.05) is 23.0 Å². The number of fused-ring (bicyclic) bond motifs is 1. The topological polar surface area (TPSA) is 50.9 Å². The molecule has 46 heavy (non-hydrogen) atoms. The average Bonchev–Trinajstić information content (AvgIpc) is 3.40. The average molecular weight is 624 g/mol. The van der Waals surface area contributed by atoms with E-state index in [2.05, 4.69) is 132 Å². The lowest BCUT2D eigenvalue weighted by atomic mass is 9.86. The first-order valence-corrected chi connectivity index (χ1v) is 19.8. The molecule has 0 bridgehead atoms. The number of aromatic hydroxyl groups is 1. The predicted octanol–water partition coefficient (Wildman–Crippen LogP) is 10.2. The highest BCUT2D eigenvalue weighted by molar-refractivity contribution is 6.89. The summed E-state index contributed by atoms with van der Waals surface area (Å²) in [7, 11) is -1.53. The van der Waals surface area contributed by atoms with Gasteiger partial charge in [0.2, 0.25) is 0 Å². The van der Waals surface area contributed by atoms with Crippen molar-refractivity contribution in [2.75, 3.05) is 0 Å². The number of aromatic nitrogens is 3. The van der Waals surface area contributed by atoms with Gasteiger partial charge in [-0.15, -0.1) is 0 Å². The summed E-state index contributed by atoms with van der Waals surface area (Å²) in [6.07, 6.45) is 3.19. The minimum atomic E-state index is -1.53. The van der Waals surface area contributed by atoms with E-state index in [1.807, 2.05) is 24.3 Å². The Morgan fingerprint density at radius 1 is 0.783 bits per heavy atom. The summed E-state index contributed by atoms with van der Waals surface area (Å²) in [6.45, 7) is 18.3. The Kier molecular flexibility index (Phi) is 8.24. The van der Waals surface area contributed by atoms with E-state index in [-0.39, 0.29) is 11.2 Å². The van der Waals surface area contributed by atoms with Crippen molar-refractivity contribution in [2.45, 2.75) is 66.1 Å². The van der Waals surface area contributed by atoms with Gasteiger partial charge in [-0.3, -0.25) is 9.55 Å². The molecule has 0 aliphatic heterocycles. The first-order chi connectivity index (χ1) is 21.8. The summed E-state index contributed by atoms with van der Waals surface area (Å²) in [5.41, 5.74) is 10.3. The summed E-state index contributed by atoms with van der Waals surface area (Å²) in [6, 6.07) is 33.5. The van der Waals surface area contributed by atoms with Crippen LogP contribution < -0.4 is 5.19 Å². The highest BCUT2D eigenvalue weighted by Gasteiger charge is 2.24. The zero-order valence-electron chi connectivity index (χ0n) is 28.4. The lowest BCUT2D eigenvalue weighted by Gasteiger charge is -2.22. The second-order valence-electron chi connectivity index (χ2n) is 14.9. The molecule has 5 heteroatoms. The summed E-state index contributed by atoms with van der Waals surface area (Å²) in [4.78, 5) is 10.3. The van der Waals surface area contributed by atoms with Crippen LogP contribution in [-0.2, 0) is 11.8 Å². The quantitative estimate of drug-likeness (QED) is 0.180. The van der Waals surface area contributed by atoms with Gasteiger partial charge in [-0.2, -0.15) is 0 Å². The SMILES string of the molecule is CC(C)Cc1cc(-c2cccc(-c3cccc4c3nc(-c3cc(C(C)(C)C)ccc3O)n4-c3ccccc3)c2)ncc1[Si](C)(C)C. The van der Waals surface area contributed by atoms with Crippen LogP contribution in [0.5, 0.6) is 5.75 Å². The number of para-hydroxylation sites is 2. The Labute approximate surface area is 274 Å². The molecule has 0 unspecified atom stereocenters. The number of nitrogens with zero attached hydrogens (tertiary/aromatic N) is 3. The third-order valence-corrected chi connectivity index (χ3v) is 10.8. The molecule has 0 amide bonds. The van der Waals surface area contributed by atoms with Crippen LogP contribution in [0.3, 0.4) is 0 Å². The molecule has 4 nitrogen and oxygen atoms in total. The Morgan fingerprint density at radius 3 is 2.20 bits per heavy atom. The molecular formula is C41H45N3OSi. The van der Waals surface area contributed by atoms with E-state index in [9.17, 15) is 5.11 Å². The second kappa shape index (κ2) is 12.0. The molecule has 234 valence electrons. The van der Waals surface area contributed by atoms with Crippen LogP contribution in [0.25, 0.3) is 50.5 Å². The van der Waals surface area contributed by atoms with Crippen LogP contribution in [0.15, 0.2) is 103 Å². The third-order valence-electron chi connectivity index (χ3n) is 8.70. The maximum absolute atomic E-state index is 11.2. The molecule has 0 atom stereocenters. The van der Waals surface area contributed by atoms with Gasteiger partial charge in [-0.1, -0.05) is 109 Å². The van der Waals surface area contributed by atoms with Gasteiger partial charge in [0.1, 0.15) is 11.6 Å². The van der Waals surface area contributed by atoms with Crippen molar-refractivity contribution >= 4 is 24.3 Å². The molecule has 0 fully saturated rings. The van der Waals surface area contributed by atoms with Crippen molar-refractivity contribution in [3.63, 3.8) is 0 Å². The monoisotopic (exact) mass is 623 g/mol. The third kappa shape index (κ3) is 6.16. The number of hydrogen-bond acceptors (Lipinski definition) is 3. The fourth-order valence-electron chi connectivity index (χ4n) is 6.32. The molecular weight excluding hydrogens is 579 g/mol. The maximum atomic E-state index is 11.2. The predicted molar refractivity (Wildman–Crippen MR) is 197 cm³/mol. The van der Waals surface area contributed by atoms with E-state index in [0.29, 0.717) is 5.92 Å². The van der Waals surface area contributed by atoms with Gasteiger partial charge in [-0.05, 0) is 82.1 Å². The van der Waals surface area contributed by atoms with Crippen molar-refractivity contribution in [1.29, 1.82) is 0 Å². The standard InChI is InChI=1S/C41H45N3OSi/c1-27(2)22-30-24-35(42-26-38(30)46(6,7)8)29-15-12-14-28(23-29)33-18-13-19-36-39(33)43-40(44(36)32-16-10-9-11-17-32)34-25-31(41(3,4)5)20-21-37(34)45/h9-21,23-27,45H,22H2,1-8H3. The van der Waals surface area contributed by atoms with Gasteiger partial charge in [0.25, 0.3) is 0 Å². The Morgan fingerprint density at radius 2 is 1.50 bits per heavy atom. The zero-order chi connectivity index (χ0) is 32.8. The maximum Gasteiger partial charge on any atom is 0.149 e. The number of rotatable bonds is 7. The highest BCUT2D eigenvalue weighted by atomic mass is 28.3. The first kappa shape index (κ1) is 31.5. The van der Waals surface area contributed by atoms with Gasteiger partial charge >= 0.3 is 0 Å². The van der Waals surface area contributed by atoms with Crippen LogP contribution in [0.2, 0.25) is 19.6 Å². The minimum absolute atomic E-state index is 0.0754. The largest absolute Gasteiger partial charge is 0.507 e. The summed E-state index contributed by atoms with van der Waals surface area (Å²) in [5.74, 6) is 1.51. The van der Waals surface area contributed by atoms with E-state index < -0.39 is 8.07 Å². The van der Waals surface area contributed by atoms with E-state index >= 15 is 0 Å². The number of benzene rings is 4. The molecule has 6 rings (SSSR count). The van der Waals surface area contributed by atoms with Crippen LogP contribution in [0.1, 0.15) is 45.7 Å². The zero-order valence-corrected chi connectivity index (χ0v) is 29.4. The molecule has 1 N–H and O–H groups in total. The van der Waals surface area contributed by atoms with E-state index in [0.717, 1.165) is 62.5 Å². The van der Waals surface area contributed by atoms with Crippen molar-refractivity contribution < 1.29 is 5.11 Å². The normalized spacial score (nSPS) is 12.3. The minimum Gasteiger partial charge on any atom is -0.507 e. The summed E-state index contributed by atoms with van der Waals surface area (Å²) in [5, 5.41) is 12.6. The number of phenolic OH excluding ortho intramolecular Hbond substituents is 1. The Bertz CT molecular complexity index is 2030. The Hall–Kier alpha value is -4.48. The van der Waals surface area contributed by atoms with E-state index in [4.69, 9.17) is 9.97 Å². The molecule has 2 heterocycles. The number of imidazole rings is 1. The van der Waals surface area contributed by atoms with Crippen LogP contribution in [-0.4, -0.2) is 27.7 Å². The lowest BCUT2D eigenvalue weighted by Crippen LogP contribution is -2.40. The van der Waals surface area contributed by atoms with Crippen LogP contribution >= 0.6 is 0 Å². The Balaban J connectivity index is 1.54. The van der Waals surface area contributed by atoms with E-state index in [1.165, 1.54) is 10.8 Å². The molecule has 0 saturated heterocycles. The second-order valence-corrected chi connectivity index (χ2v) is 20.0. The van der Waals surface area contributed by atoms with E-state index in [1.54, 1.807) is 6.07 Å². The van der Waals surface area contributed by atoms with Crippen molar-refractivity contribution in [1.82, 2.24) is 14.5 Å². The number of hydrogen-bond donors (Lipinski definition) is 1. The molecule has 0 aliphatic carbocycles. The van der Waals surface area contributed by atoms with Gasteiger partial charge in [0.15, 0.2) is 0 Å². The summed E-state index contributed by atoms with van der Waals surface area (Å²) < 4.78 is 2.17. The molecule has 0 saturated carbocycles. The van der Waals surface area contributed by atoms with Crippen molar-refractivity contribution in [3.05, 3.63) is 114 Å². The smallest absolute Gasteiger partial charge is 0.149 e. The number of phenols is 1. The molecule has 0 spiro atoms. The molecule has 0 aliphatic rings. The number of pyridine rings is 1. The lowest BCUT2D eigenvalue weighted by molar-refractivity contribution is 0.475. The van der Waals surface area contributed by atoms with Crippen LogP contribution in [0, 0.1) is 5.92 Å². The fraction of sp³-hybridized carbons (Fsp3) is 0.268.